The molecular weight excluding hydrogens is 370 g/mol. The summed E-state index contributed by atoms with van der Waals surface area (Å²) in [6, 6.07) is 12.3. The maximum Gasteiger partial charge on any atom is 0.312 e. The summed E-state index contributed by atoms with van der Waals surface area (Å²) < 4.78 is 6.77. The van der Waals surface area contributed by atoms with Gasteiger partial charge in [0.05, 0.1) is 23.7 Å². The Morgan fingerprint density at radius 3 is 2.66 bits per heavy atom. The summed E-state index contributed by atoms with van der Waals surface area (Å²) in [5.74, 6) is 0.0793. The number of hydrogen-bond donors (Lipinski definition) is 0. The molecular formula is C22H21N3O4. The zero-order valence-electron chi connectivity index (χ0n) is 16.1. The Hall–Kier alpha value is -3.48. The van der Waals surface area contributed by atoms with Crippen molar-refractivity contribution in [1.82, 2.24) is 9.55 Å². The van der Waals surface area contributed by atoms with Crippen LogP contribution < -0.4 is 15.2 Å². The lowest BCUT2D eigenvalue weighted by atomic mass is 10.1. The fraction of sp³-hybridized carbons (Fsp3) is 0.273. The van der Waals surface area contributed by atoms with Gasteiger partial charge in [0.2, 0.25) is 5.91 Å². The second-order valence-corrected chi connectivity index (χ2v) is 7.08. The van der Waals surface area contributed by atoms with Crippen LogP contribution in [0.15, 0.2) is 53.6 Å². The average molecular weight is 391 g/mol. The normalized spacial score (nSPS) is 13.8. The van der Waals surface area contributed by atoms with Crippen LogP contribution in [0, 0.1) is 6.92 Å². The number of aromatic nitrogens is 2. The fourth-order valence-electron chi connectivity index (χ4n) is 3.51. The number of ether oxygens (including phenoxy) is 1. The van der Waals surface area contributed by atoms with E-state index in [0.29, 0.717) is 29.6 Å². The average Bonchev–Trinajstić information content (AvgIpc) is 3.14. The lowest BCUT2D eigenvalue weighted by molar-refractivity contribution is -0.134. The van der Waals surface area contributed by atoms with Crippen LogP contribution in [0.25, 0.3) is 10.9 Å². The first-order chi connectivity index (χ1) is 14.0. The van der Waals surface area contributed by atoms with E-state index in [1.807, 2.05) is 19.1 Å². The van der Waals surface area contributed by atoms with Crippen molar-refractivity contribution in [2.75, 3.05) is 11.4 Å². The van der Waals surface area contributed by atoms with Crippen LogP contribution >= 0.6 is 0 Å². The van der Waals surface area contributed by atoms with Crippen molar-refractivity contribution >= 4 is 28.5 Å². The largest absolute Gasteiger partial charge is 0.426 e. The molecule has 7 heteroatoms. The molecule has 3 aromatic rings. The molecule has 1 aromatic heterocycles. The molecule has 1 fully saturated rings. The third-order valence-electron chi connectivity index (χ3n) is 5.07. The molecule has 2 aromatic carbocycles. The van der Waals surface area contributed by atoms with E-state index in [-0.39, 0.29) is 24.4 Å². The zero-order valence-corrected chi connectivity index (χ0v) is 16.1. The van der Waals surface area contributed by atoms with E-state index in [9.17, 15) is 14.4 Å². The summed E-state index contributed by atoms with van der Waals surface area (Å²) in [5, 5.41) is 0.535. The summed E-state index contributed by atoms with van der Waals surface area (Å²) >= 11 is 0. The van der Waals surface area contributed by atoms with Gasteiger partial charge in [-0.05, 0) is 49.2 Å². The lowest BCUT2D eigenvalue weighted by Crippen LogP contribution is -2.24. The summed E-state index contributed by atoms with van der Waals surface area (Å²) in [4.78, 5) is 42.6. The van der Waals surface area contributed by atoms with Crippen LogP contribution in [0.5, 0.6) is 5.75 Å². The van der Waals surface area contributed by atoms with Gasteiger partial charge in [0, 0.05) is 25.2 Å². The van der Waals surface area contributed by atoms with Gasteiger partial charge >= 0.3 is 5.97 Å². The number of carbonyl (C=O) groups is 2. The molecule has 0 bridgehead atoms. The van der Waals surface area contributed by atoms with Crippen molar-refractivity contribution in [2.45, 2.75) is 32.7 Å². The molecule has 1 aliphatic rings. The number of rotatable bonds is 5. The van der Waals surface area contributed by atoms with E-state index >= 15 is 0 Å². The van der Waals surface area contributed by atoms with Crippen molar-refractivity contribution in [3.05, 3.63) is 64.7 Å². The molecule has 0 N–H and O–H groups in total. The summed E-state index contributed by atoms with van der Waals surface area (Å²) in [6.07, 6.45) is 2.94. The highest BCUT2D eigenvalue weighted by atomic mass is 16.5. The second-order valence-electron chi connectivity index (χ2n) is 7.08. The Morgan fingerprint density at radius 2 is 1.93 bits per heavy atom. The summed E-state index contributed by atoms with van der Waals surface area (Å²) in [7, 11) is 0. The predicted octanol–water partition coefficient (Wildman–Crippen LogP) is 2.83. The van der Waals surface area contributed by atoms with Gasteiger partial charge in [0.25, 0.3) is 5.56 Å². The van der Waals surface area contributed by atoms with E-state index in [2.05, 4.69) is 4.98 Å². The predicted molar refractivity (Wildman–Crippen MR) is 109 cm³/mol. The molecule has 7 nitrogen and oxygen atoms in total. The first-order valence-corrected chi connectivity index (χ1v) is 9.59. The Bertz CT molecular complexity index is 1130. The lowest BCUT2D eigenvalue weighted by Gasteiger charge is -2.15. The monoisotopic (exact) mass is 391 g/mol. The van der Waals surface area contributed by atoms with Gasteiger partial charge in [-0.25, -0.2) is 4.98 Å². The van der Waals surface area contributed by atoms with E-state index in [1.54, 1.807) is 35.2 Å². The molecule has 1 saturated heterocycles. The van der Waals surface area contributed by atoms with E-state index in [0.717, 1.165) is 17.7 Å². The van der Waals surface area contributed by atoms with Crippen LogP contribution in [-0.2, 0) is 16.1 Å². The Balaban J connectivity index is 1.39. The number of esters is 1. The number of benzene rings is 2. The Labute approximate surface area is 167 Å². The molecule has 0 spiro atoms. The quantitative estimate of drug-likeness (QED) is 0.493. The molecule has 0 unspecified atom stereocenters. The third kappa shape index (κ3) is 3.89. The van der Waals surface area contributed by atoms with E-state index in [1.165, 1.54) is 10.9 Å². The van der Waals surface area contributed by atoms with E-state index in [4.69, 9.17) is 4.74 Å². The highest BCUT2D eigenvalue weighted by molar-refractivity contribution is 5.95. The molecule has 0 radical (unpaired) electrons. The first kappa shape index (κ1) is 18.9. The standard InChI is InChI=1S/C22H21N3O4/c1-15-4-2-5-18-21(15)23-14-24(22(18)28)13-11-20(27)29-17-9-7-16(8-10-17)25-12-3-6-19(25)26/h2,4-5,7-10,14H,3,6,11-13H2,1H3. The number of anilines is 1. The highest BCUT2D eigenvalue weighted by Gasteiger charge is 2.21. The van der Waals surface area contributed by atoms with Crippen LogP contribution in [-0.4, -0.2) is 28.0 Å². The third-order valence-corrected chi connectivity index (χ3v) is 5.07. The van der Waals surface area contributed by atoms with Crippen molar-refractivity contribution in [3.8, 4) is 5.75 Å². The summed E-state index contributed by atoms with van der Waals surface area (Å²) in [5.41, 5.74) is 2.24. The van der Waals surface area contributed by atoms with Gasteiger partial charge < -0.3 is 9.64 Å². The minimum absolute atomic E-state index is 0.0469. The van der Waals surface area contributed by atoms with Gasteiger partial charge in [-0.1, -0.05) is 12.1 Å². The minimum Gasteiger partial charge on any atom is -0.426 e. The van der Waals surface area contributed by atoms with Crippen molar-refractivity contribution in [2.24, 2.45) is 0 Å². The minimum atomic E-state index is -0.439. The van der Waals surface area contributed by atoms with Crippen LogP contribution in [0.3, 0.4) is 0 Å². The highest BCUT2D eigenvalue weighted by Crippen LogP contribution is 2.24. The second kappa shape index (κ2) is 7.87. The topological polar surface area (TPSA) is 81.5 Å². The number of para-hydroxylation sites is 1. The van der Waals surface area contributed by atoms with Gasteiger partial charge in [-0.2, -0.15) is 0 Å². The number of hydrogen-bond acceptors (Lipinski definition) is 5. The molecule has 148 valence electrons. The van der Waals surface area contributed by atoms with Crippen LogP contribution in [0.2, 0.25) is 0 Å². The zero-order chi connectivity index (χ0) is 20.4. The number of carbonyl (C=O) groups excluding carboxylic acids is 2. The first-order valence-electron chi connectivity index (χ1n) is 9.59. The van der Waals surface area contributed by atoms with Gasteiger partial charge in [-0.3, -0.25) is 19.0 Å². The molecule has 1 amide bonds. The molecule has 0 atom stereocenters. The molecule has 0 aliphatic carbocycles. The van der Waals surface area contributed by atoms with Crippen molar-refractivity contribution in [1.29, 1.82) is 0 Å². The van der Waals surface area contributed by atoms with Crippen LogP contribution in [0.1, 0.15) is 24.8 Å². The Morgan fingerprint density at radius 1 is 1.14 bits per heavy atom. The molecule has 29 heavy (non-hydrogen) atoms. The fourth-order valence-corrected chi connectivity index (χ4v) is 3.51. The molecule has 1 aliphatic heterocycles. The SMILES string of the molecule is Cc1cccc2c(=O)n(CCC(=O)Oc3ccc(N4CCCC4=O)cc3)cnc12. The molecule has 0 saturated carbocycles. The van der Waals surface area contributed by atoms with Crippen molar-refractivity contribution < 1.29 is 14.3 Å². The maximum atomic E-state index is 12.6. The number of amides is 1. The van der Waals surface area contributed by atoms with Gasteiger partial charge in [0.15, 0.2) is 0 Å². The summed E-state index contributed by atoms with van der Waals surface area (Å²) in [6.45, 7) is 2.81. The van der Waals surface area contributed by atoms with Gasteiger partial charge in [0.1, 0.15) is 5.75 Å². The van der Waals surface area contributed by atoms with Crippen molar-refractivity contribution in [3.63, 3.8) is 0 Å². The maximum absolute atomic E-state index is 12.6. The number of nitrogens with zero attached hydrogens (tertiary/aromatic N) is 3. The van der Waals surface area contributed by atoms with E-state index < -0.39 is 5.97 Å². The van der Waals surface area contributed by atoms with Gasteiger partial charge in [-0.15, -0.1) is 0 Å². The smallest absolute Gasteiger partial charge is 0.312 e. The molecule has 2 heterocycles. The van der Waals surface area contributed by atoms with Crippen LogP contribution in [0.4, 0.5) is 5.69 Å². The number of aryl methyl sites for hydroxylation is 2. The number of fused-ring (bicyclic) bond motifs is 1. The molecule has 4 rings (SSSR count). The Kier molecular flexibility index (Phi) is 5.12.